The third kappa shape index (κ3) is 2.86. The van der Waals surface area contributed by atoms with Crippen LogP contribution in [0.2, 0.25) is 0 Å². The van der Waals surface area contributed by atoms with E-state index in [1.807, 2.05) is 54.7 Å². The van der Waals surface area contributed by atoms with Gasteiger partial charge in [0.05, 0.1) is 14.2 Å². The number of aromatic amines is 1. The summed E-state index contributed by atoms with van der Waals surface area (Å²) in [4.78, 5) is 15.3. The highest BCUT2D eigenvalue weighted by atomic mass is 16.5. The summed E-state index contributed by atoms with van der Waals surface area (Å²) in [5.74, 6) is -0.0105. The number of aromatic nitrogens is 1. The summed E-state index contributed by atoms with van der Waals surface area (Å²) >= 11 is 0. The molecule has 0 aliphatic rings. The van der Waals surface area contributed by atoms with Gasteiger partial charge in [-0.2, -0.15) is 0 Å². The number of ether oxygens (including phenoxy) is 2. The number of nitrogens with one attached hydrogen (secondary N) is 1. The van der Waals surface area contributed by atoms with Crippen molar-refractivity contribution in [3.05, 3.63) is 65.9 Å². The fourth-order valence-corrected chi connectivity index (χ4v) is 3.02. The van der Waals surface area contributed by atoms with Gasteiger partial charge in [-0.25, -0.2) is 0 Å². The van der Waals surface area contributed by atoms with Gasteiger partial charge in [0.1, 0.15) is 11.8 Å². The minimum atomic E-state index is -0.803. The molecular formula is C19H20N2O3. The van der Waals surface area contributed by atoms with Crippen LogP contribution in [0.4, 0.5) is 0 Å². The van der Waals surface area contributed by atoms with Crippen molar-refractivity contribution < 1.29 is 14.3 Å². The number of benzene rings is 2. The first-order chi connectivity index (χ1) is 11.7. The van der Waals surface area contributed by atoms with E-state index in [2.05, 4.69) is 4.98 Å². The Labute approximate surface area is 140 Å². The van der Waals surface area contributed by atoms with Crippen molar-refractivity contribution in [3.63, 3.8) is 0 Å². The van der Waals surface area contributed by atoms with E-state index in [9.17, 15) is 4.79 Å². The van der Waals surface area contributed by atoms with E-state index < -0.39 is 12.0 Å². The van der Waals surface area contributed by atoms with Gasteiger partial charge in [0.2, 0.25) is 0 Å². The van der Waals surface area contributed by atoms with Crippen LogP contribution in [0.1, 0.15) is 17.0 Å². The fraction of sp³-hybridized carbons (Fsp3) is 0.211. The molecular weight excluding hydrogens is 304 g/mol. The quantitative estimate of drug-likeness (QED) is 0.708. The Morgan fingerprint density at radius 3 is 2.46 bits per heavy atom. The molecule has 0 saturated carbocycles. The van der Waals surface area contributed by atoms with Gasteiger partial charge < -0.3 is 20.2 Å². The van der Waals surface area contributed by atoms with Crippen LogP contribution in [0.5, 0.6) is 5.75 Å². The molecule has 0 amide bonds. The number of esters is 1. The number of fused-ring (bicyclic) bond motifs is 1. The lowest BCUT2D eigenvalue weighted by atomic mass is 9.85. The number of hydrogen-bond donors (Lipinski definition) is 2. The summed E-state index contributed by atoms with van der Waals surface area (Å²) < 4.78 is 10.1. The molecule has 0 spiro atoms. The Morgan fingerprint density at radius 2 is 1.79 bits per heavy atom. The predicted molar refractivity (Wildman–Crippen MR) is 93.1 cm³/mol. The number of nitrogens with two attached hydrogens (primary N) is 1. The van der Waals surface area contributed by atoms with Crippen molar-refractivity contribution in [3.8, 4) is 5.75 Å². The molecule has 3 N–H and O–H groups in total. The standard InChI is InChI=1S/C19H20N2O3/c1-23-13-9-7-12(8-10-13)17(18(20)19(22)24-2)15-11-21-16-6-4-3-5-14(15)16/h3-11,17-18,21H,20H2,1-2H3/t17-,18-/m0/s1. The van der Waals surface area contributed by atoms with Crippen LogP contribution in [-0.2, 0) is 9.53 Å². The lowest BCUT2D eigenvalue weighted by Gasteiger charge is -2.22. The zero-order valence-corrected chi connectivity index (χ0v) is 13.7. The van der Waals surface area contributed by atoms with E-state index in [1.54, 1.807) is 7.11 Å². The summed E-state index contributed by atoms with van der Waals surface area (Å²) in [5.41, 5.74) is 9.14. The molecule has 0 aliphatic heterocycles. The number of carbonyl (C=O) groups excluding carboxylic acids is 1. The van der Waals surface area contributed by atoms with E-state index in [-0.39, 0.29) is 5.92 Å². The van der Waals surface area contributed by atoms with Gasteiger partial charge in [-0.1, -0.05) is 30.3 Å². The minimum Gasteiger partial charge on any atom is -0.497 e. The first kappa shape index (κ1) is 16.1. The zero-order chi connectivity index (χ0) is 17.1. The Kier molecular flexibility index (Phi) is 4.53. The Hall–Kier alpha value is -2.79. The van der Waals surface area contributed by atoms with Gasteiger partial charge in [0, 0.05) is 23.0 Å². The molecule has 2 atom stereocenters. The maximum absolute atomic E-state index is 12.1. The maximum atomic E-state index is 12.1. The highest BCUT2D eigenvalue weighted by Gasteiger charge is 2.30. The van der Waals surface area contributed by atoms with E-state index >= 15 is 0 Å². The van der Waals surface area contributed by atoms with E-state index in [0.29, 0.717) is 0 Å². The Morgan fingerprint density at radius 1 is 1.08 bits per heavy atom. The molecule has 2 aromatic carbocycles. The van der Waals surface area contributed by atoms with Crippen molar-refractivity contribution in [2.24, 2.45) is 5.73 Å². The first-order valence-electron chi connectivity index (χ1n) is 7.69. The van der Waals surface area contributed by atoms with Crippen molar-refractivity contribution >= 4 is 16.9 Å². The Bertz CT molecular complexity index is 839. The number of carbonyl (C=O) groups is 1. The highest BCUT2D eigenvalue weighted by molar-refractivity contribution is 5.86. The largest absolute Gasteiger partial charge is 0.497 e. The highest BCUT2D eigenvalue weighted by Crippen LogP contribution is 2.34. The van der Waals surface area contributed by atoms with Crippen molar-refractivity contribution in [1.29, 1.82) is 0 Å². The lowest BCUT2D eigenvalue weighted by molar-refractivity contribution is -0.142. The second-order valence-electron chi connectivity index (χ2n) is 5.59. The average Bonchev–Trinajstić information content (AvgIpc) is 3.05. The molecule has 24 heavy (non-hydrogen) atoms. The molecule has 0 aliphatic carbocycles. The van der Waals surface area contributed by atoms with Crippen LogP contribution in [0, 0.1) is 0 Å². The molecule has 1 heterocycles. The summed E-state index contributed by atoms with van der Waals surface area (Å²) in [6.45, 7) is 0. The second-order valence-corrected chi connectivity index (χ2v) is 5.59. The number of rotatable bonds is 5. The summed E-state index contributed by atoms with van der Waals surface area (Å²) in [5, 5.41) is 1.04. The first-order valence-corrected chi connectivity index (χ1v) is 7.69. The minimum absolute atomic E-state index is 0.320. The molecule has 5 heteroatoms. The maximum Gasteiger partial charge on any atom is 0.323 e. The van der Waals surface area contributed by atoms with Crippen LogP contribution >= 0.6 is 0 Å². The SMILES string of the molecule is COC(=O)[C@@H](N)[C@@H](c1ccc(OC)cc1)c1c[nH]c2ccccc12. The molecule has 5 nitrogen and oxygen atoms in total. The third-order valence-electron chi connectivity index (χ3n) is 4.26. The molecule has 0 fully saturated rings. The monoisotopic (exact) mass is 324 g/mol. The van der Waals surface area contributed by atoms with Crippen LogP contribution < -0.4 is 10.5 Å². The number of H-pyrrole nitrogens is 1. The lowest BCUT2D eigenvalue weighted by Crippen LogP contribution is -2.38. The van der Waals surface area contributed by atoms with E-state index in [0.717, 1.165) is 27.8 Å². The summed E-state index contributed by atoms with van der Waals surface area (Å²) in [6.07, 6.45) is 1.91. The number of methoxy groups -OCH3 is 2. The molecule has 3 aromatic rings. The van der Waals surface area contributed by atoms with Gasteiger partial charge in [-0.15, -0.1) is 0 Å². The van der Waals surface area contributed by atoms with Gasteiger partial charge in [-0.05, 0) is 29.3 Å². The average molecular weight is 324 g/mol. The third-order valence-corrected chi connectivity index (χ3v) is 4.26. The van der Waals surface area contributed by atoms with E-state index in [1.165, 1.54) is 7.11 Å². The Balaban J connectivity index is 2.12. The van der Waals surface area contributed by atoms with Crippen LogP contribution in [0.25, 0.3) is 10.9 Å². The predicted octanol–water partition coefficient (Wildman–Crippen LogP) is 2.81. The van der Waals surface area contributed by atoms with Crippen molar-refractivity contribution in [2.75, 3.05) is 14.2 Å². The normalized spacial score (nSPS) is 13.5. The number of hydrogen-bond acceptors (Lipinski definition) is 4. The summed E-state index contributed by atoms with van der Waals surface area (Å²) in [7, 11) is 2.97. The summed E-state index contributed by atoms with van der Waals surface area (Å²) in [6, 6.07) is 14.7. The molecule has 0 unspecified atom stereocenters. The smallest absolute Gasteiger partial charge is 0.323 e. The van der Waals surface area contributed by atoms with E-state index in [4.69, 9.17) is 15.2 Å². The van der Waals surface area contributed by atoms with Crippen molar-refractivity contribution in [1.82, 2.24) is 4.98 Å². The van der Waals surface area contributed by atoms with Gasteiger partial charge >= 0.3 is 5.97 Å². The fourth-order valence-electron chi connectivity index (χ4n) is 3.02. The van der Waals surface area contributed by atoms with Crippen LogP contribution in [-0.4, -0.2) is 31.2 Å². The van der Waals surface area contributed by atoms with Gasteiger partial charge in [0.25, 0.3) is 0 Å². The van der Waals surface area contributed by atoms with Crippen LogP contribution in [0.15, 0.2) is 54.7 Å². The molecule has 1 aromatic heterocycles. The second kappa shape index (κ2) is 6.76. The molecule has 3 rings (SSSR count). The number of para-hydroxylation sites is 1. The molecule has 0 bridgehead atoms. The van der Waals surface area contributed by atoms with Crippen molar-refractivity contribution in [2.45, 2.75) is 12.0 Å². The van der Waals surface area contributed by atoms with Gasteiger partial charge in [-0.3, -0.25) is 4.79 Å². The molecule has 0 radical (unpaired) electrons. The molecule has 124 valence electrons. The topological polar surface area (TPSA) is 77.3 Å². The zero-order valence-electron chi connectivity index (χ0n) is 13.7. The van der Waals surface area contributed by atoms with Crippen LogP contribution in [0.3, 0.4) is 0 Å². The van der Waals surface area contributed by atoms with Gasteiger partial charge in [0.15, 0.2) is 0 Å². The molecule has 0 saturated heterocycles.